The van der Waals surface area contributed by atoms with E-state index in [1.54, 1.807) is 83.1 Å². The summed E-state index contributed by atoms with van der Waals surface area (Å²) in [5.74, 6) is -5.82. The van der Waals surface area contributed by atoms with Crippen molar-refractivity contribution in [3.63, 3.8) is 0 Å². The third-order valence-corrected chi connectivity index (χ3v) is 16.8. The number of carbonyl (C=O) groups is 6. The normalized spacial score (nSPS) is 27.2. The molecule has 3 heterocycles. The Kier molecular flexibility index (Phi) is 12.8. The lowest BCUT2D eigenvalue weighted by Gasteiger charge is -2.56. The van der Waals surface area contributed by atoms with Crippen molar-refractivity contribution in [1.82, 2.24) is 0 Å². The highest BCUT2D eigenvalue weighted by Gasteiger charge is 2.75. The van der Waals surface area contributed by atoms with Crippen LogP contribution < -0.4 is 9.47 Å². The molecule has 2 aromatic rings. The lowest BCUT2D eigenvalue weighted by atomic mass is 9.47. The summed E-state index contributed by atoms with van der Waals surface area (Å²) in [6.45, 7) is 45.8. The summed E-state index contributed by atoms with van der Waals surface area (Å²) >= 11 is 0. The molecule has 0 aromatic heterocycles. The van der Waals surface area contributed by atoms with E-state index in [9.17, 15) is 0 Å². The predicted molar refractivity (Wildman–Crippen MR) is 306 cm³/mol. The van der Waals surface area contributed by atoms with Crippen LogP contribution in [0.2, 0.25) is 0 Å². The first-order chi connectivity index (χ1) is 36.0. The van der Waals surface area contributed by atoms with Crippen LogP contribution in [0.25, 0.3) is 0 Å². The highest BCUT2D eigenvalue weighted by molar-refractivity contribution is 6.18. The fourth-order valence-corrected chi connectivity index (χ4v) is 13.7. The second-order valence-electron chi connectivity index (χ2n) is 32.2. The molecule has 0 radical (unpaired) electrons. The molecular formula is C68H88O12. The summed E-state index contributed by atoms with van der Waals surface area (Å²) in [6.07, 6.45) is 3.28. The Morgan fingerprint density at radius 1 is 0.400 bits per heavy atom. The molecule has 4 unspecified atom stereocenters. The second kappa shape index (κ2) is 17.4. The van der Waals surface area contributed by atoms with Crippen molar-refractivity contribution in [2.75, 3.05) is 0 Å². The summed E-state index contributed by atoms with van der Waals surface area (Å²) < 4.78 is 40.8. The number of allylic oxidation sites excluding steroid dienone is 2. The lowest BCUT2D eigenvalue weighted by Crippen LogP contribution is -2.67. The van der Waals surface area contributed by atoms with Crippen LogP contribution in [0.15, 0.2) is 69.9 Å². The smallest absolute Gasteiger partial charge is 0.336 e. The van der Waals surface area contributed by atoms with E-state index in [2.05, 4.69) is 41.5 Å². The zero-order chi connectivity index (χ0) is 60.0. The summed E-state index contributed by atoms with van der Waals surface area (Å²) in [7, 11) is 0. The Hall–Kier alpha value is -5.78. The van der Waals surface area contributed by atoms with Crippen LogP contribution in [0, 0.1) is 33.5 Å². The van der Waals surface area contributed by atoms with Gasteiger partial charge in [0, 0.05) is 12.8 Å². The summed E-state index contributed by atoms with van der Waals surface area (Å²) in [4.78, 5) is 97.1. The Morgan fingerprint density at radius 3 is 0.912 bits per heavy atom. The van der Waals surface area contributed by atoms with Gasteiger partial charge in [0.1, 0.15) is 33.9 Å². The van der Waals surface area contributed by atoms with Crippen molar-refractivity contribution in [1.29, 1.82) is 0 Å². The number of ether oxygens (including phenoxy) is 6. The molecule has 0 saturated carbocycles. The van der Waals surface area contributed by atoms with Crippen molar-refractivity contribution < 1.29 is 57.2 Å². The number of esters is 4. The topological polar surface area (TPSA) is 158 Å². The van der Waals surface area contributed by atoms with E-state index in [0.29, 0.717) is 44.9 Å². The Bertz CT molecular complexity index is 3040. The van der Waals surface area contributed by atoms with Gasteiger partial charge < -0.3 is 28.4 Å². The molecule has 11 rings (SSSR count). The second-order valence-corrected chi connectivity index (χ2v) is 32.2. The van der Waals surface area contributed by atoms with Crippen LogP contribution >= 0.6 is 0 Å². The monoisotopic (exact) mass is 1100 g/mol. The maximum Gasteiger partial charge on any atom is 0.336 e. The minimum Gasteiger partial charge on any atom is -0.478 e. The third kappa shape index (κ3) is 9.32. The number of benzene rings is 2. The number of hydrogen-bond donors (Lipinski definition) is 0. The van der Waals surface area contributed by atoms with E-state index in [0.717, 1.165) is 11.1 Å². The van der Waals surface area contributed by atoms with Crippen LogP contribution in [0.5, 0.6) is 11.5 Å². The molecular weight excluding hydrogens is 1010 g/mol. The molecule has 432 valence electrons. The largest absolute Gasteiger partial charge is 0.478 e. The molecule has 0 saturated heterocycles. The highest BCUT2D eigenvalue weighted by Crippen LogP contribution is 2.68. The maximum atomic E-state index is 17.2. The van der Waals surface area contributed by atoms with Gasteiger partial charge in [-0.15, -0.1) is 0 Å². The zero-order valence-electron chi connectivity index (χ0n) is 52.3. The van der Waals surface area contributed by atoms with Crippen molar-refractivity contribution in [3.05, 3.63) is 103 Å². The minimum atomic E-state index is -1.97. The molecule has 2 aromatic carbocycles. The van der Waals surface area contributed by atoms with Crippen molar-refractivity contribution in [2.24, 2.45) is 33.5 Å². The van der Waals surface area contributed by atoms with Crippen molar-refractivity contribution in [3.8, 4) is 11.5 Å². The molecule has 0 fully saturated rings. The van der Waals surface area contributed by atoms with E-state index in [4.69, 9.17) is 28.4 Å². The average Bonchev–Trinajstić information content (AvgIpc) is 3.83. The van der Waals surface area contributed by atoms with E-state index in [1.807, 2.05) is 78.0 Å². The van der Waals surface area contributed by atoms with E-state index in [-0.39, 0.29) is 48.0 Å². The summed E-state index contributed by atoms with van der Waals surface area (Å²) in [5, 5.41) is 0. The first-order valence-electron chi connectivity index (χ1n) is 28.7. The van der Waals surface area contributed by atoms with Gasteiger partial charge in [0.2, 0.25) is 0 Å². The van der Waals surface area contributed by atoms with E-state index in [1.165, 1.54) is 0 Å². The molecule has 12 heteroatoms. The average molecular weight is 1100 g/mol. The number of rotatable bonds is 4. The van der Waals surface area contributed by atoms with Gasteiger partial charge in [0.15, 0.2) is 22.8 Å². The lowest BCUT2D eigenvalue weighted by molar-refractivity contribution is -0.163. The Morgan fingerprint density at radius 2 is 0.662 bits per heavy atom. The van der Waals surface area contributed by atoms with Gasteiger partial charge >= 0.3 is 23.9 Å². The van der Waals surface area contributed by atoms with Crippen LogP contribution in [0.4, 0.5) is 0 Å². The maximum absolute atomic E-state index is 17.2. The molecule has 3 aliphatic heterocycles. The predicted octanol–water partition coefficient (Wildman–Crippen LogP) is 12.7. The van der Waals surface area contributed by atoms with Gasteiger partial charge in [-0.2, -0.15) is 0 Å². The van der Waals surface area contributed by atoms with Gasteiger partial charge in [-0.1, -0.05) is 131 Å². The molecule has 80 heavy (non-hydrogen) atoms. The molecule has 12 nitrogen and oxygen atoms in total. The number of carbonyl (C=O) groups excluding carboxylic acids is 6. The van der Waals surface area contributed by atoms with Crippen LogP contribution in [0.3, 0.4) is 0 Å². The summed E-state index contributed by atoms with van der Waals surface area (Å²) in [6, 6.07) is 8.05. The quantitative estimate of drug-likeness (QED) is 0.162. The SMILES string of the molecule is CC(C)(C)OC(=O)C1=C(C(=O)OC(C)(C)C)C23C=C(C(C)(C)C)C1[C@]1(Cc4cc(C(C)(C)C)cc(c4O1)CC14C=C(C(C)(C)C)C(C(C(=O)OC(C)(C)C)=C1C(=O)OC(C)(C)C)[C@@]1(Cc5cc(C(C)(C)C)cc(c5O1)C2)C4=O)C3=O. The standard InChI is InChI=1S/C68H88O12/c1-57(2,3)39-25-35-29-65-33-41(59(7,8)9)46(44(52(70)78-62(16,17)18)47(65)53(71)79-63(19,20)21)68(55(65)73)32-38-28-40(58(4,5)6)26-36(50(38)76-68)30-66-34-42(60(10,11)12)45(67(56(66)74)31-37(27-39)49(35)75-67)43(51(69)77-61(13,14)15)48(66)54(72)80-64(22,23)24/h25-28,33-34,45-46H,29-32H2,1-24H3/t45?,46?,65?,66?,67-,68+. The Balaban J connectivity index is 1.51. The molecule has 0 N–H and O–H groups in total. The zero-order valence-corrected chi connectivity index (χ0v) is 52.3. The van der Waals surface area contributed by atoms with Crippen LogP contribution in [-0.2, 0) is 84.2 Å². The number of ketones is 2. The van der Waals surface area contributed by atoms with Crippen molar-refractivity contribution >= 4 is 35.4 Å². The van der Waals surface area contributed by atoms with Gasteiger partial charge in [0.25, 0.3) is 0 Å². The fourth-order valence-electron chi connectivity index (χ4n) is 13.7. The summed E-state index contributed by atoms with van der Waals surface area (Å²) in [5.41, 5.74) is -9.29. The van der Waals surface area contributed by atoms with Crippen molar-refractivity contribution in [2.45, 2.75) is 236 Å². The molecule has 6 atom stereocenters. The number of hydrogen-bond acceptors (Lipinski definition) is 12. The third-order valence-electron chi connectivity index (χ3n) is 16.8. The van der Waals surface area contributed by atoms with Crippen LogP contribution in [-0.4, -0.2) is 69.1 Å². The van der Waals surface area contributed by atoms with Gasteiger partial charge in [-0.25, -0.2) is 19.2 Å². The Labute approximate surface area is 475 Å². The van der Waals surface area contributed by atoms with Crippen LogP contribution in [0.1, 0.15) is 200 Å². The highest BCUT2D eigenvalue weighted by atomic mass is 16.6. The van der Waals surface area contributed by atoms with Gasteiger partial charge in [-0.3, -0.25) is 9.59 Å². The molecule has 6 aliphatic carbocycles. The first-order valence-corrected chi connectivity index (χ1v) is 28.7. The molecule has 8 bridgehead atoms. The first kappa shape index (κ1) is 58.9. The van der Waals surface area contributed by atoms with E-state index >= 15 is 28.8 Å². The van der Waals surface area contributed by atoms with E-state index < -0.39 is 113 Å². The van der Waals surface area contributed by atoms with Gasteiger partial charge in [0.05, 0.1) is 45.0 Å². The van der Waals surface area contributed by atoms with Gasteiger partial charge in [-0.05, 0) is 151 Å². The molecule has 4 spiro atoms. The number of Topliss-reactive ketones (excluding diaryl/α,β-unsaturated/α-hetero) is 2. The molecule has 0 amide bonds. The fraction of sp³-hybridized carbons (Fsp3) is 0.618. The molecule has 9 aliphatic rings. The minimum absolute atomic E-state index is 0.000645.